The number of tetrazole rings is 1. The van der Waals surface area contributed by atoms with Gasteiger partial charge in [0.05, 0.1) is 12.2 Å². The van der Waals surface area contributed by atoms with Gasteiger partial charge in [0, 0.05) is 6.42 Å². The fourth-order valence-corrected chi connectivity index (χ4v) is 8.58. The van der Waals surface area contributed by atoms with Crippen LogP contribution in [0.25, 0.3) is 0 Å². The summed E-state index contributed by atoms with van der Waals surface area (Å²) in [5, 5.41) is 35.9. The van der Waals surface area contributed by atoms with Gasteiger partial charge in [0.1, 0.15) is 0 Å². The lowest BCUT2D eigenvalue weighted by Crippen LogP contribution is -2.58. The average molecular weight is 403 g/mol. The number of fused-ring (bicyclic) bond motifs is 5. The molecule has 0 spiro atoms. The summed E-state index contributed by atoms with van der Waals surface area (Å²) in [6.07, 6.45) is 12.0. The minimum atomic E-state index is -0.175. The van der Waals surface area contributed by atoms with Crippen molar-refractivity contribution in [1.29, 1.82) is 0 Å². The van der Waals surface area contributed by atoms with Gasteiger partial charge in [-0.05, 0) is 105 Å². The first-order valence-corrected chi connectivity index (χ1v) is 12.0. The number of rotatable bonds is 4. The monoisotopic (exact) mass is 402 g/mol. The van der Waals surface area contributed by atoms with Crippen LogP contribution in [0.1, 0.15) is 83.9 Å². The van der Waals surface area contributed by atoms with Gasteiger partial charge in [-0.3, -0.25) is 0 Å². The molecule has 29 heavy (non-hydrogen) atoms. The Morgan fingerprint density at radius 1 is 1.00 bits per heavy atom. The number of nitrogens with one attached hydrogen (secondary N) is 1. The maximum absolute atomic E-state index is 11.3. The maximum atomic E-state index is 11.3. The fourth-order valence-electron chi connectivity index (χ4n) is 8.58. The molecule has 6 heteroatoms. The van der Waals surface area contributed by atoms with Crippen molar-refractivity contribution in [1.82, 2.24) is 20.6 Å². The van der Waals surface area contributed by atoms with E-state index in [-0.39, 0.29) is 12.2 Å². The molecule has 1 heterocycles. The third-order valence-corrected chi connectivity index (χ3v) is 10.2. The van der Waals surface area contributed by atoms with E-state index in [2.05, 4.69) is 34.5 Å². The number of H-pyrrole nitrogens is 1. The van der Waals surface area contributed by atoms with Gasteiger partial charge < -0.3 is 10.2 Å². The molecule has 162 valence electrons. The van der Waals surface area contributed by atoms with E-state index >= 15 is 0 Å². The molecule has 4 saturated carbocycles. The van der Waals surface area contributed by atoms with Crippen molar-refractivity contribution >= 4 is 0 Å². The Balaban J connectivity index is 1.31. The molecular formula is C23H38N4O2. The van der Waals surface area contributed by atoms with Crippen LogP contribution < -0.4 is 0 Å². The van der Waals surface area contributed by atoms with Crippen LogP contribution in [0.4, 0.5) is 0 Å². The largest absolute Gasteiger partial charge is 0.393 e. The minimum absolute atomic E-state index is 0.152. The Morgan fingerprint density at radius 2 is 1.79 bits per heavy atom. The van der Waals surface area contributed by atoms with Gasteiger partial charge >= 0.3 is 0 Å². The Kier molecular flexibility index (Phi) is 5.01. The van der Waals surface area contributed by atoms with Gasteiger partial charge in [0.15, 0.2) is 5.82 Å². The zero-order valence-electron chi connectivity index (χ0n) is 18.1. The zero-order chi connectivity index (χ0) is 20.2. The lowest BCUT2D eigenvalue weighted by molar-refractivity contribution is -0.172. The second-order valence-electron chi connectivity index (χ2n) is 11.3. The number of aromatic nitrogens is 4. The zero-order valence-corrected chi connectivity index (χ0v) is 18.1. The molecule has 0 aromatic carbocycles. The molecule has 1 aromatic rings. The van der Waals surface area contributed by atoms with E-state index < -0.39 is 0 Å². The van der Waals surface area contributed by atoms with Crippen LogP contribution in [0.15, 0.2) is 0 Å². The molecule has 1 aromatic heterocycles. The summed E-state index contributed by atoms with van der Waals surface area (Å²) < 4.78 is 0. The van der Waals surface area contributed by atoms with Crippen molar-refractivity contribution in [3.05, 3.63) is 5.82 Å². The van der Waals surface area contributed by atoms with Crippen molar-refractivity contribution < 1.29 is 10.2 Å². The number of aromatic amines is 1. The van der Waals surface area contributed by atoms with Gasteiger partial charge in [0.2, 0.25) is 0 Å². The number of nitrogens with zero attached hydrogens (tertiary/aromatic N) is 3. The molecule has 0 aliphatic heterocycles. The van der Waals surface area contributed by atoms with E-state index in [4.69, 9.17) is 0 Å². The van der Waals surface area contributed by atoms with E-state index in [0.29, 0.717) is 34.5 Å². The van der Waals surface area contributed by atoms with Crippen LogP contribution in [0, 0.1) is 40.4 Å². The summed E-state index contributed by atoms with van der Waals surface area (Å²) in [7, 11) is 0. The van der Waals surface area contributed by atoms with Crippen LogP contribution in [-0.4, -0.2) is 43.0 Å². The highest BCUT2D eigenvalue weighted by atomic mass is 16.3. The number of aliphatic hydroxyl groups is 2. The molecule has 0 saturated heterocycles. The van der Waals surface area contributed by atoms with Crippen LogP contribution >= 0.6 is 0 Å². The predicted octanol–water partition coefficient (Wildman–Crippen LogP) is 3.51. The highest BCUT2D eigenvalue weighted by Crippen LogP contribution is 2.67. The summed E-state index contributed by atoms with van der Waals surface area (Å²) in [5.41, 5.74) is 0.692. The third-order valence-electron chi connectivity index (χ3n) is 10.2. The molecule has 4 unspecified atom stereocenters. The average Bonchev–Trinajstić information content (AvgIpc) is 3.31. The van der Waals surface area contributed by atoms with Crippen molar-refractivity contribution in [2.45, 2.75) is 96.7 Å². The Morgan fingerprint density at radius 3 is 2.59 bits per heavy atom. The summed E-state index contributed by atoms with van der Waals surface area (Å²) in [4.78, 5) is 0. The summed E-state index contributed by atoms with van der Waals surface area (Å²) in [5.74, 6) is 3.85. The Hall–Kier alpha value is -1.01. The molecular weight excluding hydrogens is 364 g/mol. The molecule has 5 rings (SSSR count). The second kappa shape index (κ2) is 7.30. The quantitative estimate of drug-likeness (QED) is 0.716. The van der Waals surface area contributed by atoms with E-state index in [1.165, 1.54) is 32.1 Å². The third kappa shape index (κ3) is 3.16. The normalized spacial score (nSPS) is 49.3. The Bertz CT molecular complexity index is 712. The predicted molar refractivity (Wildman–Crippen MR) is 110 cm³/mol. The van der Waals surface area contributed by atoms with Gasteiger partial charge in [-0.15, -0.1) is 10.2 Å². The van der Waals surface area contributed by atoms with Crippen LogP contribution in [0.5, 0.6) is 0 Å². The number of hydrogen-bond donors (Lipinski definition) is 3. The first-order chi connectivity index (χ1) is 13.9. The van der Waals surface area contributed by atoms with Gasteiger partial charge in [-0.25, -0.2) is 0 Å². The van der Waals surface area contributed by atoms with Gasteiger partial charge in [-0.2, -0.15) is 5.21 Å². The standard InChI is InChI=1S/C23H38N4O2/c1-22-11-9-18-21(19(29)13-15-12-16(28)8-10-23(15,18)2)17(22)7-6-14(22)4-3-5-20-24-26-27-25-20/h14-19,21,28-29H,3-13H2,1-2H3,(H,24,25,26,27)/t14-,15?,16+,17?,18?,19-,21?,22+,23-/m0/s1. The van der Waals surface area contributed by atoms with Crippen LogP contribution in [-0.2, 0) is 6.42 Å². The molecule has 0 radical (unpaired) electrons. The molecule has 0 bridgehead atoms. The summed E-state index contributed by atoms with van der Waals surface area (Å²) in [6, 6.07) is 0. The summed E-state index contributed by atoms with van der Waals surface area (Å²) in [6.45, 7) is 5.03. The number of aryl methyl sites for hydroxylation is 1. The smallest absolute Gasteiger partial charge is 0.174 e. The van der Waals surface area contributed by atoms with E-state index in [1.807, 2.05) is 0 Å². The molecule has 3 N–H and O–H groups in total. The number of hydrogen-bond acceptors (Lipinski definition) is 5. The van der Waals surface area contributed by atoms with Crippen molar-refractivity contribution in [2.75, 3.05) is 0 Å². The topological polar surface area (TPSA) is 94.9 Å². The van der Waals surface area contributed by atoms with E-state index in [0.717, 1.165) is 50.3 Å². The number of aliphatic hydroxyl groups excluding tert-OH is 2. The molecule has 6 nitrogen and oxygen atoms in total. The highest BCUT2D eigenvalue weighted by molar-refractivity contribution is 5.11. The first-order valence-electron chi connectivity index (χ1n) is 12.0. The maximum Gasteiger partial charge on any atom is 0.174 e. The summed E-state index contributed by atoms with van der Waals surface area (Å²) >= 11 is 0. The molecule has 0 amide bonds. The van der Waals surface area contributed by atoms with Crippen molar-refractivity contribution in [3.8, 4) is 0 Å². The van der Waals surface area contributed by atoms with Crippen LogP contribution in [0.2, 0.25) is 0 Å². The molecule has 4 fully saturated rings. The lowest BCUT2D eigenvalue weighted by Gasteiger charge is -2.62. The molecule has 4 aliphatic carbocycles. The first kappa shape index (κ1) is 19.9. The molecule has 9 atom stereocenters. The Labute approximate surface area is 174 Å². The van der Waals surface area contributed by atoms with Gasteiger partial charge in [-0.1, -0.05) is 19.1 Å². The fraction of sp³-hybridized carbons (Fsp3) is 0.957. The highest BCUT2D eigenvalue weighted by Gasteiger charge is 2.62. The van der Waals surface area contributed by atoms with Crippen molar-refractivity contribution in [3.63, 3.8) is 0 Å². The minimum Gasteiger partial charge on any atom is -0.393 e. The van der Waals surface area contributed by atoms with Crippen LogP contribution in [0.3, 0.4) is 0 Å². The van der Waals surface area contributed by atoms with E-state index in [9.17, 15) is 10.2 Å². The molecule has 4 aliphatic rings. The van der Waals surface area contributed by atoms with Crippen molar-refractivity contribution in [2.24, 2.45) is 40.4 Å². The SMILES string of the molecule is C[C@]12CC[C@@H](O)CC1C[C@H](O)C1C2CC[C@@]2(C)C1CC[C@@H]2CCCc1nn[nH]n1. The lowest BCUT2D eigenvalue weighted by atomic mass is 9.44. The second-order valence-corrected chi connectivity index (χ2v) is 11.3. The van der Waals surface area contributed by atoms with Gasteiger partial charge in [0.25, 0.3) is 0 Å². The van der Waals surface area contributed by atoms with E-state index in [1.54, 1.807) is 0 Å².